The minimum atomic E-state index is -0.959. The topological polar surface area (TPSA) is 0 Å². The van der Waals surface area contributed by atoms with Crippen molar-refractivity contribution in [2.24, 2.45) is 5.92 Å². The van der Waals surface area contributed by atoms with E-state index in [-0.39, 0.29) is 24.8 Å². The molecule has 0 saturated heterocycles. The van der Waals surface area contributed by atoms with E-state index in [4.69, 9.17) is 0 Å². The van der Waals surface area contributed by atoms with Gasteiger partial charge in [-0.1, -0.05) is 0 Å². The summed E-state index contributed by atoms with van der Waals surface area (Å²) >= 11 is -0.959. The molecule has 2 aliphatic carbocycles. The number of rotatable bonds is 4. The molecule has 1 atom stereocenters. The summed E-state index contributed by atoms with van der Waals surface area (Å²) in [5.41, 5.74) is 9.02. The maximum absolute atomic E-state index is 2.35. The fourth-order valence-electron chi connectivity index (χ4n) is 4.11. The Hall–Kier alpha value is -1.27. The second kappa shape index (κ2) is 10.7. The zero-order valence-electron chi connectivity index (χ0n) is 17.1. The van der Waals surface area contributed by atoms with E-state index in [0.717, 1.165) is 6.42 Å². The Bertz CT molecular complexity index is 968. The van der Waals surface area contributed by atoms with Crippen LogP contribution in [0.1, 0.15) is 38.3 Å². The van der Waals surface area contributed by atoms with Crippen molar-refractivity contribution in [2.45, 2.75) is 27.2 Å². The van der Waals surface area contributed by atoms with Gasteiger partial charge in [0.2, 0.25) is 0 Å². The zero-order chi connectivity index (χ0) is 18.8. The third kappa shape index (κ3) is 4.91. The smallest absolute Gasteiger partial charge is 0.147 e. The van der Waals surface area contributed by atoms with Gasteiger partial charge in [-0.05, 0) is 0 Å². The molecule has 29 heavy (non-hydrogen) atoms. The van der Waals surface area contributed by atoms with E-state index < -0.39 is 22.8 Å². The van der Waals surface area contributed by atoms with Crippen molar-refractivity contribution in [3.05, 3.63) is 116 Å². The molecule has 0 nitrogen and oxygen atoms in total. The molecule has 2 aromatic carbocycles. The molecular weight excluding hydrogens is 474 g/mol. The molecule has 0 amide bonds. The first-order chi connectivity index (χ1) is 13.2. The fourth-order valence-corrected chi connectivity index (χ4v) is 8.57. The van der Waals surface area contributed by atoms with Gasteiger partial charge in [-0.2, -0.15) is 0 Å². The van der Waals surface area contributed by atoms with Crippen LogP contribution < -0.4 is 0 Å². The maximum Gasteiger partial charge on any atom is -0.147 e. The van der Waals surface area contributed by atoms with Gasteiger partial charge in [-0.25, -0.2) is 0 Å². The molecular formula is C26H27Cl2Zr. The van der Waals surface area contributed by atoms with E-state index in [2.05, 4.69) is 99.7 Å². The van der Waals surface area contributed by atoms with Gasteiger partial charge in [0.05, 0.1) is 0 Å². The normalized spacial score (nSPS) is 17.5. The van der Waals surface area contributed by atoms with Gasteiger partial charge in [0.25, 0.3) is 0 Å². The molecule has 3 heteroatoms. The molecule has 4 rings (SSSR count). The van der Waals surface area contributed by atoms with Gasteiger partial charge < -0.3 is 0 Å². The van der Waals surface area contributed by atoms with Crippen LogP contribution in [0.2, 0.25) is 0 Å². The summed E-state index contributed by atoms with van der Waals surface area (Å²) in [5, 5.41) is 0. The van der Waals surface area contributed by atoms with E-state index in [9.17, 15) is 0 Å². The average molecular weight is 502 g/mol. The van der Waals surface area contributed by atoms with Crippen LogP contribution in [0.25, 0.3) is 0 Å². The Kier molecular flexibility index (Phi) is 8.83. The van der Waals surface area contributed by atoms with Crippen molar-refractivity contribution in [2.75, 3.05) is 0 Å². The molecule has 0 N–H and O–H groups in total. The standard InChI is InChI=1S/C13H15.C13H10.2ClH.Zr/c1-9-8-13(11(3)10(9)2)12-6-4-5-7-12;1-3-7-12(8-4-1)11-13-9-5-2-6-10-13;;;/h4-6,13H,7H2,1-3H3;1-10H;2*1H;. The van der Waals surface area contributed by atoms with Crippen LogP contribution in [0, 0.1) is 5.92 Å². The van der Waals surface area contributed by atoms with Crippen molar-refractivity contribution in [1.29, 1.82) is 0 Å². The van der Waals surface area contributed by atoms with Gasteiger partial charge in [0.15, 0.2) is 0 Å². The Morgan fingerprint density at radius 2 is 1.34 bits per heavy atom. The van der Waals surface area contributed by atoms with Gasteiger partial charge in [-0.15, -0.1) is 24.8 Å². The molecule has 2 aliphatic rings. The van der Waals surface area contributed by atoms with Gasteiger partial charge in [-0.3, -0.25) is 0 Å². The molecule has 1 unspecified atom stereocenters. The van der Waals surface area contributed by atoms with E-state index >= 15 is 0 Å². The van der Waals surface area contributed by atoms with Crippen LogP contribution in [0.5, 0.6) is 0 Å². The quantitative estimate of drug-likeness (QED) is 0.412. The van der Waals surface area contributed by atoms with Crippen molar-refractivity contribution in [3.63, 3.8) is 0 Å². The Morgan fingerprint density at radius 3 is 1.83 bits per heavy atom. The minimum absolute atomic E-state index is 0. The molecule has 0 saturated carbocycles. The Labute approximate surface area is 198 Å². The van der Waals surface area contributed by atoms with Gasteiger partial charge in [0.1, 0.15) is 0 Å². The predicted octanol–water partition coefficient (Wildman–Crippen LogP) is 7.31. The molecule has 0 aliphatic heterocycles. The minimum Gasteiger partial charge on any atom is -0.147 e. The third-order valence-electron chi connectivity index (χ3n) is 5.84. The number of benzene rings is 2. The molecule has 0 fully saturated rings. The zero-order valence-corrected chi connectivity index (χ0v) is 21.2. The first kappa shape index (κ1) is 24.0. The Morgan fingerprint density at radius 1 is 0.793 bits per heavy atom. The van der Waals surface area contributed by atoms with Gasteiger partial charge in [0, 0.05) is 0 Å². The largest absolute Gasteiger partial charge is 0.147 e. The average Bonchev–Trinajstić information content (AvgIpc) is 3.31. The van der Waals surface area contributed by atoms with Crippen LogP contribution in [-0.4, -0.2) is 3.21 Å². The van der Waals surface area contributed by atoms with Crippen LogP contribution in [-0.2, 0) is 22.8 Å². The first-order valence-corrected chi connectivity index (χ1v) is 12.1. The predicted molar refractivity (Wildman–Crippen MR) is 127 cm³/mol. The number of allylic oxidation sites excluding steroid dienone is 8. The van der Waals surface area contributed by atoms with Crippen LogP contribution in [0.4, 0.5) is 0 Å². The van der Waals surface area contributed by atoms with Crippen LogP contribution in [0.3, 0.4) is 0 Å². The second-order valence-corrected chi connectivity index (χ2v) is 10.6. The SMILES string of the molecule is CC1=C(C)C(C2=CC=CC2)[C]([Zr]=[C](c2ccccc2)c2ccccc2)=C1C.Cl.Cl. The monoisotopic (exact) mass is 499 g/mol. The maximum atomic E-state index is 2.35. The van der Waals surface area contributed by atoms with E-state index in [1.54, 1.807) is 23.2 Å². The Balaban J connectivity index is 0.00000150. The molecule has 2 aromatic rings. The molecule has 0 radical (unpaired) electrons. The molecule has 0 aromatic heterocycles. The van der Waals surface area contributed by atoms with Crippen molar-refractivity contribution in [3.8, 4) is 0 Å². The molecule has 0 heterocycles. The fraction of sp³-hybridized carbons (Fsp3) is 0.192. The first-order valence-electron chi connectivity index (χ1n) is 9.65. The number of hydrogen-bond acceptors (Lipinski definition) is 0. The summed E-state index contributed by atoms with van der Waals surface area (Å²) in [4.78, 5) is 0. The van der Waals surface area contributed by atoms with Crippen LogP contribution in [0.15, 0.2) is 104 Å². The number of hydrogen-bond donors (Lipinski definition) is 0. The van der Waals surface area contributed by atoms with E-state index in [1.165, 1.54) is 16.7 Å². The second-order valence-electron chi connectivity index (χ2n) is 7.39. The van der Waals surface area contributed by atoms with E-state index in [0.29, 0.717) is 5.92 Å². The van der Waals surface area contributed by atoms with Crippen molar-refractivity contribution in [1.82, 2.24) is 0 Å². The third-order valence-corrected chi connectivity index (χ3v) is 10.2. The number of halogens is 2. The molecule has 0 bridgehead atoms. The van der Waals surface area contributed by atoms with Crippen molar-refractivity contribution >= 4 is 28.0 Å². The summed E-state index contributed by atoms with van der Waals surface area (Å²) in [6, 6.07) is 22.0. The summed E-state index contributed by atoms with van der Waals surface area (Å²) in [5.74, 6) is 0.536. The summed E-state index contributed by atoms with van der Waals surface area (Å²) in [6.07, 6.45) is 7.99. The van der Waals surface area contributed by atoms with Crippen LogP contribution >= 0.6 is 24.8 Å². The molecule has 149 valence electrons. The van der Waals surface area contributed by atoms with Crippen molar-refractivity contribution < 1.29 is 22.8 Å². The van der Waals surface area contributed by atoms with Gasteiger partial charge >= 0.3 is 175 Å². The summed E-state index contributed by atoms with van der Waals surface area (Å²) in [7, 11) is 0. The summed E-state index contributed by atoms with van der Waals surface area (Å²) in [6.45, 7) is 7.02. The van der Waals surface area contributed by atoms with E-state index in [1.807, 2.05) is 0 Å². The molecule has 0 spiro atoms. The summed E-state index contributed by atoms with van der Waals surface area (Å²) < 4.78 is 3.33.